The lowest BCUT2D eigenvalue weighted by Crippen LogP contribution is -2.39. The number of nitrogens with one attached hydrogen (secondary N) is 1. The van der Waals surface area contributed by atoms with Crippen LogP contribution in [-0.4, -0.2) is 39.3 Å². The van der Waals surface area contributed by atoms with E-state index in [0.29, 0.717) is 6.04 Å². The Labute approximate surface area is 95.1 Å². The number of thioether (sulfide) groups is 1. The Morgan fingerprint density at radius 3 is 2.80 bits per heavy atom. The molecule has 0 saturated heterocycles. The number of hydrogen-bond acceptors (Lipinski definition) is 4. The molecule has 1 heterocycles. The van der Waals surface area contributed by atoms with Crippen LogP contribution in [0.4, 0.5) is 0 Å². The number of nitrogens with zero attached hydrogens (tertiary/aromatic N) is 2. The van der Waals surface area contributed by atoms with Gasteiger partial charge in [0.25, 0.3) is 0 Å². The number of aromatic nitrogens is 2. The Hall–Kier alpha value is -0.520. The van der Waals surface area contributed by atoms with Gasteiger partial charge < -0.3 is 10.4 Å². The zero-order valence-corrected chi connectivity index (χ0v) is 10.3. The second kappa shape index (κ2) is 6.15. The summed E-state index contributed by atoms with van der Waals surface area (Å²) < 4.78 is 1.78. The van der Waals surface area contributed by atoms with Crippen molar-refractivity contribution < 1.29 is 5.11 Å². The molecular weight excluding hydrogens is 210 g/mol. The minimum Gasteiger partial charge on any atom is -0.395 e. The topological polar surface area (TPSA) is 50.1 Å². The fourth-order valence-corrected chi connectivity index (χ4v) is 2.24. The highest BCUT2D eigenvalue weighted by Crippen LogP contribution is 2.17. The molecule has 0 saturated carbocycles. The van der Waals surface area contributed by atoms with Crippen LogP contribution in [-0.2, 0) is 7.05 Å². The molecule has 86 valence electrons. The zero-order chi connectivity index (χ0) is 11.3. The third kappa shape index (κ3) is 4.68. The van der Waals surface area contributed by atoms with Crippen LogP contribution in [0.1, 0.15) is 13.8 Å². The number of aliphatic hydroxyl groups excluding tert-OH is 1. The maximum atomic E-state index is 9.16. The smallest absolute Gasteiger partial charge is 0.0625 e. The van der Waals surface area contributed by atoms with Gasteiger partial charge in [0.2, 0.25) is 0 Å². The molecule has 1 atom stereocenters. The van der Waals surface area contributed by atoms with Crippen LogP contribution in [0.25, 0.3) is 0 Å². The Kier molecular flexibility index (Phi) is 5.14. The molecule has 0 fully saturated rings. The number of rotatable bonds is 6. The van der Waals surface area contributed by atoms with Crippen LogP contribution in [0.2, 0.25) is 0 Å². The first-order valence-corrected chi connectivity index (χ1v) is 6.08. The predicted molar refractivity (Wildman–Crippen MR) is 63.1 cm³/mol. The Morgan fingerprint density at radius 2 is 2.33 bits per heavy atom. The standard InChI is InChI=1S/C10H19N3OS/c1-8(2)12-9(6-14)7-15-10-4-11-13(3)5-10/h4-5,8-9,12,14H,6-7H2,1-3H3. The van der Waals surface area contributed by atoms with Crippen molar-refractivity contribution in [2.24, 2.45) is 7.05 Å². The van der Waals surface area contributed by atoms with Crippen LogP contribution in [0.5, 0.6) is 0 Å². The van der Waals surface area contributed by atoms with Crippen LogP contribution in [0, 0.1) is 0 Å². The van der Waals surface area contributed by atoms with E-state index in [-0.39, 0.29) is 12.6 Å². The van der Waals surface area contributed by atoms with Gasteiger partial charge in [-0.1, -0.05) is 13.8 Å². The summed E-state index contributed by atoms with van der Waals surface area (Å²) in [6.45, 7) is 4.33. The molecule has 0 aliphatic carbocycles. The summed E-state index contributed by atoms with van der Waals surface area (Å²) in [6, 6.07) is 0.548. The predicted octanol–water partition coefficient (Wildman–Crippen LogP) is 0.871. The van der Waals surface area contributed by atoms with Crippen molar-refractivity contribution in [1.82, 2.24) is 15.1 Å². The molecule has 0 aliphatic rings. The van der Waals surface area contributed by atoms with Gasteiger partial charge in [-0.15, -0.1) is 11.8 Å². The van der Waals surface area contributed by atoms with E-state index in [1.807, 2.05) is 19.4 Å². The summed E-state index contributed by atoms with van der Waals surface area (Å²) in [6.07, 6.45) is 3.82. The molecular formula is C10H19N3OS. The molecule has 15 heavy (non-hydrogen) atoms. The summed E-state index contributed by atoms with van der Waals surface area (Å²) in [5, 5.41) is 16.6. The molecule has 1 aromatic heterocycles. The van der Waals surface area contributed by atoms with E-state index in [1.54, 1.807) is 16.4 Å². The van der Waals surface area contributed by atoms with Gasteiger partial charge in [0.1, 0.15) is 0 Å². The van der Waals surface area contributed by atoms with E-state index in [9.17, 15) is 0 Å². The molecule has 5 heteroatoms. The summed E-state index contributed by atoms with van der Waals surface area (Å²) >= 11 is 1.71. The quantitative estimate of drug-likeness (QED) is 0.711. The second-order valence-electron chi connectivity index (χ2n) is 3.86. The van der Waals surface area contributed by atoms with Crippen LogP contribution >= 0.6 is 11.8 Å². The highest BCUT2D eigenvalue weighted by molar-refractivity contribution is 7.99. The molecule has 0 radical (unpaired) electrons. The molecule has 0 amide bonds. The van der Waals surface area contributed by atoms with Crippen LogP contribution in [0.15, 0.2) is 17.3 Å². The van der Waals surface area contributed by atoms with E-state index >= 15 is 0 Å². The first-order valence-electron chi connectivity index (χ1n) is 5.10. The van der Waals surface area contributed by atoms with Crippen molar-refractivity contribution in [2.75, 3.05) is 12.4 Å². The molecule has 0 aromatic carbocycles. The van der Waals surface area contributed by atoms with E-state index < -0.39 is 0 Å². The molecule has 0 bridgehead atoms. The van der Waals surface area contributed by atoms with E-state index in [2.05, 4.69) is 24.3 Å². The lowest BCUT2D eigenvalue weighted by molar-refractivity contribution is 0.247. The zero-order valence-electron chi connectivity index (χ0n) is 9.47. The summed E-state index contributed by atoms with van der Waals surface area (Å²) in [5.74, 6) is 0.861. The Balaban J connectivity index is 2.34. The lowest BCUT2D eigenvalue weighted by atomic mass is 10.3. The molecule has 1 unspecified atom stereocenters. The van der Waals surface area contributed by atoms with Crippen molar-refractivity contribution >= 4 is 11.8 Å². The minimum atomic E-state index is 0.148. The van der Waals surface area contributed by atoms with Crippen LogP contribution in [0.3, 0.4) is 0 Å². The summed E-state index contributed by atoms with van der Waals surface area (Å²) in [5.41, 5.74) is 0. The normalized spacial score (nSPS) is 13.4. The molecule has 1 aromatic rings. The van der Waals surface area contributed by atoms with Crippen molar-refractivity contribution in [3.63, 3.8) is 0 Å². The molecule has 2 N–H and O–H groups in total. The van der Waals surface area contributed by atoms with Gasteiger partial charge in [-0.25, -0.2) is 0 Å². The first kappa shape index (κ1) is 12.5. The molecule has 0 aliphatic heterocycles. The first-order chi connectivity index (χ1) is 7.11. The van der Waals surface area contributed by atoms with Gasteiger partial charge in [-0.05, 0) is 0 Å². The van der Waals surface area contributed by atoms with Crippen molar-refractivity contribution in [3.8, 4) is 0 Å². The second-order valence-corrected chi connectivity index (χ2v) is 4.95. The highest BCUT2D eigenvalue weighted by Gasteiger charge is 2.09. The fraction of sp³-hybridized carbons (Fsp3) is 0.700. The van der Waals surface area contributed by atoms with E-state index in [4.69, 9.17) is 5.11 Å². The Morgan fingerprint density at radius 1 is 1.60 bits per heavy atom. The number of aryl methyl sites for hydroxylation is 1. The van der Waals surface area contributed by atoms with Crippen molar-refractivity contribution in [3.05, 3.63) is 12.4 Å². The summed E-state index contributed by atoms with van der Waals surface area (Å²) in [4.78, 5) is 1.14. The fourth-order valence-electron chi connectivity index (χ4n) is 1.30. The molecule has 0 spiro atoms. The molecule has 4 nitrogen and oxygen atoms in total. The van der Waals surface area contributed by atoms with Gasteiger partial charge in [-0.3, -0.25) is 4.68 Å². The van der Waals surface area contributed by atoms with Crippen molar-refractivity contribution in [2.45, 2.75) is 30.8 Å². The van der Waals surface area contributed by atoms with Gasteiger partial charge in [0, 0.05) is 36.0 Å². The van der Waals surface area contributed by atoms with Gasteiger partial charge in [0.05, 0.1) is 12.8 Å². The van der Waals surface area contributed by atoms with Gasteiger partial charge in [0.15, 0.2) is 0 Å². The molecule has 1 rings (SSSR count). The largest absolute Gasteiger partial charge is 0.395 e. The SMILES string of the molecule is CC(C)NC(CO)CSc1cnn(C)c1. The van der Waals surface area contributed by atoms with E-state index in [1.165, 1.54) is 0 Å². The van der Waals surface area contributed by atoms with Crippen LogP contribution < -0.4 is 5.32 Å². The third-order valence-electron chi connectivity index (χ3n) is 1.92. The third-order valence-corrected chi connectivity index (χ3v) is 3.03. The number of hydrogen-bond donors (Lipinski definition) is 2. The van der Waals surface area contributed by atoms with Crippen molar-refractivity contribution in [1.29, 1.82) is 0 Å². The minimum absolute atomic E-state index is 0.148. The lowest BCUT2D eigenvalue weighted by Gasteiger charge is -2.18. The average molecular weight is 229 g/mol. The number of aliphatic hydroxyl groups is 1. The average Bonchev–Trinajstić information content (AvgIpc) is 2.58. The maximum Gasteiger partial charge on any atom is 0.0625 e. The highest BCUT2D eigenvalue weighted by atomic mass is 32.2. The van der Waals surface area contributed by atoms with Gasteiger partial charge >= 0.3 is 0 Å². The van der Waals surface area contributed by atoms with Gasteiger partial charge in [-0.2, -0.15) is 5.10 Å². The Bertz CT molecular complexity index is 288. The summed E-state index contributed by atoms with van der Waals surface area (Å²) in [7, 11) is 1.90. The maximum absolute atomic E-state index is 9.16. The monoisotopic (exact) mass is 229 g/mol. The van der Waals surface area contributed by atoms with E-state index in [0.717, 1.165) is 10.6 Å².